The number of aryl methyl sites for hydroxylation is 2. The molecular weight excluding hydrogens is 374 g/mol. The van der Waals surface area contributed by atoms with E-state index in [1.165, 1.54) is 6.08 Å². The highest BCUT2D eigenvalue weighted by atomic mass is 16.3. The molecule has 0 spiro atoms. The number of hydrogen-bond acceptors (Lipinski definition) is 4. The maximum atomic E-state index is 12.3. The van der Waals surface area contributed by atoms with Crippen molar-refractivity contribution in [3.8, 4) is 22.6 Å². The molecule has 1 amide bonds. The standard InChI is InChI=1S/C25H21N3O2/c1-17-3-4-21(25-27-13-14-30-25)15-23(17)20-5-8-22(9-6-20)28-24(29)10-7-19-11-12-26-16-18(19)2/h3-16H,1-2H3,(H,28,29). The van der Waals surface area contributed by atoms with Gasteiger partial charge in [-0.15, -0.1) is 0 Å². The van der Waals surface area contributed by atoms with Crippen LogP contribution in [0, 0.1) is 13.8 Å². The Labute approximate surface area is 175 Å². The minimum absolute atomic E-state index is 0.180. The van der Waals surface area contributed by atoms with Gasteiger partial charge in [0, 0.05) is 29.7 Å². The van der Waals surface area contributed by atoms with Crippen LogP contribution >= 0.6 is 0 Å². The van der Waals surface area contributed by atoms with Gasteiger partial charge in [0.1, 0.15) is 6.26 Å². The fourth-order valence-electron chi connectivity index (χ4n) is 3.19. The van der Waals surface area contributed by atoms with Crippen molar-refractivity contribution < 1.29 is 9.21 Å². The normalized spacial score (nSPS) is 11.0. The van der Waals surface area contributed by atoms with Gasteiger partial charge in [-0.1, -0.05) is 18.2 Å². The molecule has 0 aliphatic rings. The van der Waals surface area contributed by atoms with Gasteiger partial charge in [0.25, 0.3) is 0 Å². The SMILES string of the molecule is Cc1cnccc1C=CC(=O)Nc1ccc(-c2cc(-c3ncco3)ccc2C)cc1. The maximum absolute atomic E-state index is 12.3. The Morgan fingerprint density at radius 3 is 2.50 bits per heavy atom. The van der Waals surface area contributed by atoms with Crippen molar-refractivity contribution in [2.24, 2.45) is 0 Å². The van der Waals surface area contributed by atoms with Crippen molar-refractivity contribution in [2.75, 3.05) is 5.32 Å². The number of aromatic nitrogens is 2. The second kappa shape index (κ2) is 8.57. The summed E-state index contributed by atoms with van der Waals surface area (Å²) in [6.07, 6.45) is 10.0. The Morgan fingerprint density at radius 2 is 1.77 bits per heavy atom. The van der Waals surface area contributed by atoms with Crippen LogP contribution in [0.3, 0.4) is 0 Å². The van der Waals surface area contributed by atoms with Gasteiger partial charge in [-0.3, -0.25) is 9.78 Å². The highest BCUT2D eigenvalue weighted by Crippen LogP contribution is 2.29. The molecule has 2 heterocycles. The highest BCUT2D eigenvalue weighted by molar-refractivity contribution is 6.02. The molecule has 0 saturated heterocycles. The lowest BCUT2D eigenvalue weighted by atomic mass is 9.98. The zero-order valence-corrected chi connectivity index (χ0v) is 16.8. The summed E-state index contributed by atoms with van der Waals surface area (Å²) in [5, 5.41) is 2.89. The van der Waals surface area contributed by atoms with Crippen molar-refractivity contribution in [1.29, 1.82) is 0 Å². The number of nitrogens with one attached hydrogen (secondary N) is 1. The van der Waals surface area contributed by atoms with Crippen LogP contribution in [0.4, 0.5) is 5.69 Å². The number of amides is 1. The molecule has 0 saturated carbocycles. The van der Waals surface area contributed by atoms with E-state index in [1.54, 1.807) is 30.9 Å². The quantitative estimate of drug-likeness (QED) is 0.442. The largest absolute Gasteiger partial charge is 0.445 e. The third kappa shape index (κ3) is 4.36. The summed E-state index contributed by atoms with van der Waals surface area (Å²) < 4.78 is 5.41. The van der Waals surface area contributed by atoms with Gasteiger partial charge >= 0.3 is 0 Å². The lowest BCUT2D eigenvalue weighted by molar-refractivity contribution is -0.111. The number of anilines is 1. The van der Waals surface area contributed by atoms with Gasteiger partial charge < -0.3 is 9.73 Å². The minimum Gasteiger partial charge on any atom is -0.445 e. The van der Waals surface area contributed by atoms with E-state index in [-0.39, 0.29) is 5.91 Å². The molecule has 4 aromatic rings. The average molecular weight is 395 g/mol. The molecule has 0 bridgehead atoms. The second-order valence-electron chi connectivity index (χ2n) is 7.00. The molecule has 0 radical (unpaired) electrons. The van der Waals surface area contributed by atoms with E-state index in [4.69, 9.17) is 4.42 Å². The fraction of sp³-hybridized carbons (Fsp3) is 0.0800. The van der Waals surface area contributed by atoms with E-state index in [0.717, 1.165) is 39.1 Å². The van der Waals surface area contributed by atoms with Gasteiger partial charge in [-0.25, -0.2) is 4.98 Å². The van der Waals surface area contributed by atoms with Gasteiger partial charge in [0.15, 0.2) is 0 Å². The van der Waals surface area contributed by atoms with Crippen LogP contribution in [0.1, 0.15) is 16.7 Å². The summed E-state index contributed by atoms with van der Waals surface area (Å²) in [5.74, 6) is 0.414. The van der Waals surface area contributed by atoms with Gasteiger partial charge in [0.2, 0.25) is 11.8 Å². The Balaban J connectivity index is 1.49. The zero-order chi connectivity index (χ0) is 20.9. The minimum atomic E-state index is -0.180. The molecule has 5 heteroatoms. The number of carbonyl (C=O) groups excluding carboxylic acids is 1. The Kier molecular flexibility index (Phi) is 5.52. The van der Waals surface area contributed by atoms with Crippen LogP contribution in [-0.2, 0) is 4.79 Å². The summed E-state index contributed by atoms with van der Waals surface area (Å²) in [6.45, 7) is 4.03. The third-order valence-corrected chi connectivity index (χ3v) is 4.86. The average Bonchev–Trinajstić information content (AvgIpc) is 3.29. The van der Waals surface area contributed by atoms with Crippen molar-refractivity contribution in [3.63, 3.8) is 0 Å². The molecule has 2 aromatic carbocycles. The number of hydrogen-bond donors (Lipinski definition) is 1. The first kappa shape index (κ1) is 19.3. The van der Waals surface area contributed by atoms with Crippen LogP contribution in [-0.4, -0.2) is 15.9 Å². The molecule has 5 nitrogen and oxygen atoms in total. The number of nitrogens with zero attached hydrogens (tertiary/aromatic N) is 2. The highest BCUT2D eigenvalue weighted by Gasteiger charge is 2.08. The zero-order valence-electron chi connectivity index (χ0n) is 16.8. The molecule has 4 rings (SSSR count). The Bertz CT molecular complexity index is 1190. The third-order valence-electron chi connectivity index (χ3n) is 4.86. The monoisotopic (exact) mass is 395 g/mol. The molecule has 30 heavy (non-hydrogen) atoms. The van der Waals surface area contributed by atoms with Crippen molar-refractivity contribution in [2.45, 2.75) is 13.8 Å². The molecule has 0 aliphatic carbocycles. The van der Waals surface area contributed by atoms with E-state index in [9.17, 15) is 4.79 Å². The lowest BCUT2D eigenvalue weighted by Crippen LogP contribution is -2.07. The fourth-order valence-corrected chi connectivity index (χ4v) is 3.19. The molecule has 0 atom stereocenters. The lowest BCUT2D eigenvalue weighted by Gasteiger charge is -2.09. The maximum Gasteiger partial charge on any atom is 0.248 e. The van der Waals surface area contributed by atoms with Crippen LogP contribution in [0.25, 0.3) is 28.7 Å². The second-order valence-corrected chi connectivity index (χ2v) is 7.00. The number of pyridine rings is 1. The molecule has 0 aliphatic heterocycles. The smallest absolute Gasteiger partial charge is 0.248 e. The predicted molar refractivity (Wildman–Crippen MR) is 119 cm³/mol. The molecule has 0 unspecified atom stereocenters. The van der Waals surface area contributed by atoms with Crippen molar-refractivity contribution in [1.82, 2.24) is 9.97 Å². The first-order valence-corrected chi connectivity index (χ1v) is 9.61. The van der Waals surface area contributed by atoms with Gasteiger partial charge in [-0.05, 0) is 78.1 Å². The van der Waals surface area contributed by atoms with E-state index in [0.29, 0.717) is 5.89 Å². The number of oxazole rings is 1. The first-order valence-electron chi connectivity index (χ1n) is 9.61. The molecule has 1 N–H and O–H groups in total. The molecular formula is C25H21N3O2. The Morgan fingerprint density at radius 1 is 0.967 bits per heavy atom. The van der Waals surface area contributed by atoms with Crippen LogP contribution in [0.2, 0.25) is 0 Å². The topological polar surface area (TPSA) is 68.0 Å². The Hall–Kier alpha value is -3.99. The van der Waals surface area contributed by atoms with E-state index in [1.807, 2.05) is 43.3 Å². The van der Waals surface area contributed by atoms with Crippen molar-refractivity contribution >= 4 is 17.7 Å². The van der Waals surface area contributed by atoms with E-state index in [2.05, 4.69) is 34.3 Å². The number of benzene rings is 2. The molecule has 0 fully saturated rings. The molecule has 2 aromatic heterocycles. The van der Waals surface area contributed by atoms with Crippen LogP contribution < -0.4 is 5.32 Å². The predicted octanol–water partition coefficient (Wildman–Crippen LogP) is 5.67. The molecule has 148 valence electrons. The van der Waals surface area contributed by atoms with E-state index < -0.39 is 0 Å². The van der Waals surface area contributed by atoms with Crippen LogP contribution in [0.5, 0.6) is 0 Å². The summed E-state index contributed by atoms with van der Waals surface area (Å²) in [4.78, 5) is 20.5. The number of rotatable bonds is 5. The summed E-state index contributed by atoms with van der Waals surface area (Å²) in [6, 6.07) is 15.8. The van der Waals surface area contributed by atoms with Gasteiger partial charge in [0.05, 0.1) is 6.20 Å². The summed E-state index contributed by atoms with van der Waals surface area (Å²) in [7, 11) is 0. The number of carbonyl (C=O) groups is 1. The van der Waals surface area contributed by atoms with Crippen LogP contribution in [0.15, 0.2) is 83.9 Å². The first-order chi connectivity index (χ1) is 14.6. The summed E-state index contributed by atoms with van der Waals surface area (Å²) >= 11 is 0. The van der Waals surface area contributed by atoms with Crippen molar-refractivity contribution in [3.05, 3.63) is 96.2 Å². The van der Waals surface area contributed by atoms with E-state index >= 15 is 0 Å². The summed E-state index contributed by atoms with van der Waals surface area (Å²) in [5.41, 5.74) is 6.96. The van der Waals surface area contributed by atoms with Gasteiger partial charge in [-0.2, -0.15) is 0 Å².